The van der Waals surface area contributed by atoms with Crippen molar-refractivity contribution in [1.29, 1.82) is 0 Å². The summed E-state index contributed by atoms with van der Waals surface area (Å²) >= 11 is 0. The average Bonchev–Trinajstić information content (AvgIpc) is 3.15. The van der Waals surface area contributed by atoms with Crippen molar-refractivity contribution >= 4 is 16.9 Å². The van der Waals surface area contributed by atoms with Gasteiger partial charge in [0.2, 0.25) is 0 Å². The Morgan fingerprint density at radius 1 is 0.931 bits per heavy atom. The van der Waals surface area contributed by atoms with Crippen molar-refractivity contribution in [2.75, 3.05) is 0 Å². The van der Waals surface area contributed by atoms with Gasteiger partial charge >= 0.3 is 5.69 Å². The van der Waals surface area contributed by atoms with Crippen molar-refractivity contribution < 1.29 is 9.18 Å². The van der Waals surface area contributed by atoms with Gasteiger partial charge in [-0.25, -0.2) is 14.2 Å². The molecule has 0 atom stereocenters. The SMILES string of the molecule is Cn1c(=O)c2ncn(Cc3ccc(C(=O)c4ccc(F)cc4)cc3)c2n(C)c1=O. The Morgan fingerprint density at radius 3 is 2.14 bits per heavy atom. The first-order chi connectivity index (χ1) is 13.9. The van der Waals surface area contributed by atoms with Gasteiger partial charge in [-0.1, -0.05) is 24.3 Å². The number of halogens is 1. The average molecular weight is 392 g/mol. The van der Waals surface area contributed by atoms with Crippen LogP contribution in [0.3, 0.4) is 0 Å². The summed E-state index contributed by atoms with van der Waals surface area (Å²) in [7, 11) is 3.01. The topological polar surface area (TPSA) is 78.9 Å². The van der Waals surface area contributed by atoms with Crippen molar-refractivity contribution in [3.05, 3.63) is 98.2 Å². The van der Waals surface area contributed by atoms with Crippen molar-refractivity contribution in [2.45, 2.75) is 6.54 Å². The number of imidazole rings is 1. The molecular weight excluding hydrogens is 375 g/mol. The van der Waals surface area contributed by atoms with Crippen molar-refractivity contribution in [3.63, 3.8) is 0 Å². The second-order valence-corrected chi connectivity index (χ2v) is 6.78. The molecule has 0 unspecified atom stereocenters. The summed E-state index contributed by atoms with van der Waals surface area (Å²) < 4.78 is 17.2. The van der Waals surface area contributed by atoms with Crippen molar-refractivity contribution in [2.24, 2.45) is 14.1 Å². The van der Waals surface area contributed by atoms with Crippen LogP contribution in [0.2, 0.25) is 0 Å². The normalized spacial score (nSPS) is 11.1. The fraction of sp³-hybridized carbons (Fsp3) is 0.143. The molecule has 0 saturated carbocycles. The van der Waals surface area contributed by atoms with E-state index >= 15 is 0 Å². The lowest BCUT2D eigenvalue weighted by atomic mass is 10.0. The summed E-state index contributed by atoms with van der Waals surface area (Å²) in [4.78, 5) is 41.1. The third kappa shape index (κ3) is 3.18. The monoisotopic (exact) mass is 392 g/mol. The van der Waals surface area contributed by atoms with E-state index in [9.17, 15) is 18.8 Å². The number of fused-ring (bicyclic) bond motifs is 1. The molecule has 0 radical (unpaired) electrons. The highest BCUT2D eigenvalue weighted by atomic mass is 19.1. The van der Waals surface area contributed by atoms with Gasteiger partial charge in [-0.05, 0) is 29.8 Å². The number of hydrogen-bond acceptors (Lipinski definition) is 4. The molecule has 0 aliphatic carbocycles. The molecule has 4 rings (SSSR count). The Morgan fingerprint density at radius 2 is 1.52 bits per heavy atom. The smallest absolute Gasteiger partial charge is 0.312 e. The van der Waals surface area contributed by atoms with Crippen LogP contribution in [-0.4, -0.2) is 24.5 Å². The van der Waals surface area contributed by atoms with E-state index in [0.717, 1.165) is 10.1 Å². The number of nitrogens with zero attached hydrogens (tertiary/aromatic N) is 4. The lowest BCUT2D eigenvalue weighted by Gasteiger charge is -2.09. The van der Waals surface area contributed by atoms with Crippen LogP contribution < -0.4 is 11.2 Å². The standard InChI is InChI=1S/C21H17FN4O3/c1-24-19-17(20(28)25(2)21(24)29)23-12-26(19)11-13-3-5-14(6-4-13)18(27)15-7-9-16(22)10-8-15/h3-10,12H,11H2,1-2H3. The number of rotatable bonds is 4. The van der Waals surface area contributed by atoms with E-state index in [4.69, 9.17) is 0 Å². The second-order valence-electron chi connectivity index (χ2n) is 6.78. The second kappa shape index (κ2) is 6.97. The largest absolute Gasteiger partial charge is 0.332 e. The fourth-order valence-corrected chi connectivity index (χ4v) is 3.28. The van der Waals surface area contributed by atoms with Gasteiger partial charge in [-0.2, -0.15) is 0 Å². The van der Waals surface area contributed by atoms with E-state index in [1.165, 1.54) is 42.2 Å². The molecular formula is C21H17FN4O3. The molecule has 29 heavy (non-hydrogen) atoms. The van der Waals surface area contributed by atoms with E-state index in [0.29, 0.717) is 23.3 Å². The zero-order chi connectivity index (χ0) is 20.7. The van der Waals surface area contributed by atoms with Gasteiger partial charge in [-0.15, -0.1) is 0 Å². The summed E-state index contributed by atoms with van der Waals surface area (Å²) in [6.07, 6.45) is 1.52. The molecule has 0 fully saturated rings. The quantitative estimate of drug-likeness (QED) is 0.497. The van der Waals surface area contributed by atoms with Crippen LogP contribution in [0.1, 0.15) is 21.5 Å². The highest BCUT2D eigenvalue weighted by Gasteiger charge is 2.14. The van der Waals surface area contributed by atoms with Crippen LogP contribution in [0.25, 0.3) is 11.2 Å². The fourth-order valence-electron chi connectivity index (χ4n) is 3.28. The van der Waals surface area contributed by atoms with E-state index in [-0.39, 0.29) is 11.3 Å². The molecule has 146 valence electrons. The van der Waals surface area contributed by atoms with Crippen molar-refractivity contribution in [3.8, 4) is 0 Å². The lowest BCUT2D eigenvalue weighted by Crippen LogP contribution is -2.37. The summed E-state index contributed by atoms with van der Waals surface area (Å²) in [6.45, 7) is 0.377. The van der Waals surface area contributed by atoms with Gasteiger partial charge < -0.3 is 4.57 Å². The van der Waals surface area contributed by atoms with Crippen LogP contribution in [0.4, 0.5) is 4.39 Å². The Kier molecular flexibility index (Phi) is 4.46. The maximum atomic E-state index is 13.0. The number of aromatic nitrogens is 4. The third-order valence-corrected chi connectivity index (χ3v) is 4.88. The Labute approximate surface area is 164 Å². The zero-order valence-corrected chi connectivity index (χ0v) is 15.8. The minimum Gasteiger partial charge on any atom is -0.312 e. The van der Waals surface area contributed by atoms with Gasteiger partial charge in [-0.3, -0.25) is 18.7 Å². The number of hydrogen-bond donors (Lipinski definition) is 0. The van der Waals surface area contributed by atoms with E-state index in [2.05, 4.69) is 4.98 Å². The van der Waals surface area contributed by atoms with Crippen molar-refractivity contribution in [1.82, 2.24) is 18.7 Å². The molecule has 2 aromatic heterocycles. The predicted octanol–water partition coefficient (Wildman–Crippen LogP) is 1.85. The van der Waals surface area contributed by atoms with Gasteiger partial charge in [0.15, 0.2) is 11.3 Å². The van der Waals surface area contributed by atoms with Gasteiger partial charge in [0.05, 0.1) is 12.9 Å². The Bertz CT molecular complexity index is 1350. The summed E-state index contributed by atoms with van der Waals surface area (Å²) in [5.41, 5.74) is 1.55. The first-order valence-electron chi connectivity index (χ1n) is 8.87. The molecule has 0 aliphatic rings. The van der Waals surface area contributed by atoms with Crippen LogP contribution in [0.15, 0.2) is 64.4 Å². The molecule has 0 N–H and O–H groups in total. The molecule has 2 heterocycles. The van der Waals surface area contributed by atoms with Gasteiger partial charge in [0, 0.05) is 25.2 Å². The summed E-state index contributed by atoms with van der Waals surface area (Å²) in [5, 5.41) is 0. The van der Waals surface area contributed by atoms with Crippen LogP contribution in [0.5, 0.6) is 0 Å². The molecule has 4 aromatic rings. The molecule has 7 nitrogen and oxygen atoms in total. The first-order valence-corrected chi connectivity index (χ1v) is 8.87. The van der Waals surface area contributed by atoms with Crippen LogP contribution in [0, 0.1) is 5.82 Å². The lowest BCUT2D eigenvalue weighted by molar-refractivity contribution is 0.103. The highest BCUT2D eigenvalue weighted by Crippen LogP contribution is 2.14. The van der Waals surface area contributed by atoms with Crippen LogP contribution in [-0.2, 0) is 20.6 Å². The summed E-state index contributed by atoms with van der Waals surface area (Å²) in [5.74, 6) is -0.593. The Hall–Kier alpha value is -3.81. The van der Waals surface area contributed by atoms with Gasteiger partial charge in [0.25, 0.3) is 5.56 Å². The molecule has 0 saturated heterocycles. The minimum atomic E-state index is -0.443. The molecule has 2 aromatic carbocycles. The molecule has 8 heteroatoms. The van der Waals surface area contributed by atoms with E-state index in [1.54, 1.807) is 35.9 Å². The molecule has 0 amide bonds. The van der Waals surface area contributed by atoms with Gasteiger partial charge in [0.1, 0.15) is 11.5 Å². The predicted molar refractivity (Wildman–Crippen MR) is 106 cm³/mol. The number of benzene rings is 2. The van der Waals surface area contributed by atoms with E-state index in [1.807, 2.05) is 0 Å². The molecule has 0 aliphatic heterocycles. The highest BCUT2D eigenvalue weighted by molar-refractivity contribution is 6.08. The van der Waals surface area contributed by atoms with Crippen LogP contribution >= 0.6 is 0 Å². The third-order valence-electron chi connectivity index (χ3n) is 4.88. The maximum absolute atomic E-state index is 13.0. The number of ketones is 1. The van der Waals surface area contributed by atoms with E-state index < -0.39 is 17.1 Å². The number of aryl methyl sites for hydroxylation is 1. The summed E-state index contributed by atoms with van der Waals surface area (Å²) in [6, 6.07) is 12.4. The number of carbonyl (C=O) groups excluding carboxylic acids is 1. The minimum absolute atomic E-state index is 0.199. The first kappa shape index (κ1) is 18.5. The molecule has 0 spiro atoms. The zero-order valence-electron chi connectivity index (χ0n) is 15.8. The maximum Gasteiger partial charge on any atom is 0.332 e. The Balaban J connectivity index is 1.65. The number of carbonyl (C=O) groups is 1. The molecule has 0 bridgehead atoms.